The highest BCUT2D eigenvalue weighted by Crippen LogP contribution is 2.12. The normalized spacial score (nSPS) is 23.2. The van der Waals surface area contributed by atoms with Crippen molar-refractivity contribution in [3.63, 3.8) is 0 Å². The Morgan fingerprint density at radius 1 is 0.750 bits per heavy atom. The van der Waals surface area contributed by atoms with Crippen LogP contribution in [0.25, 0.3) is 0 Å². The van der Waals surface area contributed by atoms with Gasteiger partial charge in [-0.15, -0.1) is 0 Å². The fourth-order valence-corrected chi connectivity index (χ4v) is 1.97. The summed E-state index contributed by atoms with van der Waals surface area (Å²) in [5, 5.41) is 0. The van der Waals surface area contributed by atoms with Crippen LogP contribution in [0.4, 0.5) is 0 Å². The lowest BCUT2D eigenvalue weighted by atomic mass is 10.1. The van der Waals surface area contributed by atoms with Crippen molar-refractivity contribution in [2.45, 2.75) is 58.4 Å². The van der Waals surface area contributed by atoms with Crippen molar-refractivity contribution in [2.24, 2.45) is 0 Å². The van der Waals surface area contributed by atoms with Crippen LogP contribution in [0.3, 0.4) is 0 Å². The average molecular weight is 169 g/mol. The maximum absolute atomic E-state index is 2.63. The number of hydrogen-bond donors (Lipinski definition) is 0. The Hall–Kier alpha value is -0.0400. The van der Waals surface area contributed by atoms with Gasteiger partial charge in [0.1, 0.15) is 0 Å². The molecule has 12 heavy (non-hydrogen) atoms. The van der Waals surface area contributed by atoms with Gasteiger partial charge in [0.2, 0.25) is 0 Å². The largest absolute Gasteiger partial charge is 0.301 e. The van der Waals surface area contributed by atoms with Gasteiger partial charge in [-0.25, -0.2) is 0 Å². The van der Waals surface area contributed by atoms with E-state index in [1.807, 2.05) is 0 Å². The van der Waals surface area contributed by atoms with Gasteiger partial charge in [-0.1, -0.05) is 25.7 Å². The minimum atomic E-state index is 0.753. The van der Waals surface area contributed by atoms with Gasteiger partial charge < -0.3 is 4.90 Å². The highest BCUT2D eigenvalue weighted by atomic mass is 15.1. The Morgan fingerprint density at radius 2 is 1.17 bits per heavy atom. The van der Waals surface area contributed by atoms with Gasteiger partial charge >= 0.3 is 0 Å². The summed E-state index contributed by atoms with van der Waals surface area (Å²) in [4.78, 5) is 2.63. The summed E-state index contributed by atoms with van der Waals surface area (Å²) in [6.07, 6.45) is 8.65. The molecule has 0 radical (unpaired) electrons. The predicted molar refractivity (Wildman–Crippen MR) is 54.4 cm³/mol. The topological polar surface area (TPSA) is 3.24 Å². The molecule has 1 fully saturated rings. The van der Waals surface area contributed by atoms with Crippen molar-refractivity contribution in [1.29, 1.82) is 0 Å². The quantitative estimate of drug-likeness (QED) is 0.583. The van der Waals surface area contributed by atoms with Gasteiger partial charge in [-0.3, -0.25) is 0 Å². The first-order valence-electron chi connectivity index (χ1n) is 5.55. The molecule has 0 aromatic rings. The van der Waals surface area contributed by atoms with E-state index in [4.69, 9.17) is 0 Å². The Kier molecular flexibility index (Phi) is 4.67. The van der Waals surface area contributed by atoms with Gasteiger partial charge in [-0.05, 0) is 39.8 Å². The molecule has 0 saturated carbocycles. The Morgan fingerprint density at radius 3 is 1.58 bits per heavy atom. The van der Waals surface area contributed by atoms with E-state index in [-0.39, 0.29) is 0 Å². The molecule has 0 amide bonds. The maximum Gasteiger partial charge on any atom is 0.00385 e. The molecule has 0 N–H and O–H groups in total. The summed E-state index contributed by atoms with van der Waals surface area (Å²) < 4.78 is 0. The first-order chi connectivity index (χ1) is 5.80. The molecule has 0 aliphatic carbocycles. The smallest absolute Gasteiger partial charge is 0.00385 e. The molecule has 0 bridgehead atoms. The SMILES string of the molecule is CC(C)N1CCCCCCCC1. The molecule has 72 valence electrons. The van der Waals surface area contributed by atoms with E-state index in [2.05, 4.69) is 18.7 Å². The zero-order valence-electron chi connectivity index (χ0n) is 8.68. The molecule has 0 aromatic carbocycles. The highest BCUT2D eigenvalue weighted by Gasteiger charge is 2.09. The number of nitrogens with zero attached hydrogens (tertiary/aromatic N) is 1. The Bertz CT molecular complexity index is 99.6. The van der Waals surface area contributed by atoms with Gasteiger partial charge in [0.15, 0.2) is 0 Å². The summed E-state index contributed by atoms with van der Waals surface area (Å²) >= 11 is 0. The molecule has 1 heterocycles. The van der Waals surface area contributed by atoms with Crippen LogP contribution in [0.1, 0.15) is 52.4 Å². The molecule has 1 saturated heterocycles. The van der Waals surface area contributed by atoms with Crippen LogP contribution in [-0.4, -0.2) is 24.0 Å². The summed E-state index contributed by atoms with van der Waals surface area (Å²) in [7, 11) is 0. The van der Waals surface area contributed by atoms with Crippen LogP contribution < -0.4 is 0 Å². The zero-order chi connectivity index (χ0) is 8.81. The summed E-state index contributed by atoms with van der Waals surface area (Å²) in [5.74, 6) is 0. The minimum absolute atomic E-state index is 0.753. The van der Waals surface area contributed by atoms with Crippen LogP contribution in [0.15, 0.2) is 0 Å². The van der Waals surface area contributed by atoms with Crippen molar-refractivity contribution >= 4 is 0 Å². The van der Waals surface area contributed by atoms with E-state index in [1.54, 1.807) is 0 Å². The maximum atomic E-state index is 2.63. The van der Waals surface area contributed by atoms with Gasteiger partial charge in [0, 0.05) is 6.04 Å². The predicted octanol–water partition coefficient (Wildman–Crippen LogP) is 3.05. The molecule has 1 aliphatic heterocycles. The molecule has 1 aliphatic rings. The van der Waals surface area contributed by atoms with E-state index in [0.717, 1.165) is 6.04 Å². The summed E-state index contributed by atoms with van der Waals surface area (Å²) in [6.45, 7) is 7.30. The van der Waals surface area contributed by atoms with E-state index in [9.17, 15) is 0 Å². The van der Waals surface area contributed by atoms with E-state index in [1.165, 1.54) is 51.6 Å². The molecule has 0 atom stereocenters. The first kappa shape index (κ1) is 10.0. The molecule has 1 heteroatoms. The fraction of sp³-hybridized carbons (Fsp3) is 1.00. The van der Waals surface area contributed by atoms with Crippen molar-refractivity contribution in [2.75, 3.05) is 13.1 Å². The molecule has 0 unspecified atom stereocenters. The molecular formula is C11H23N. The van der Waals surface area contributed by atoms with Crippen molar-refractivity contribution in [3.8, 4) is 0 Å². The van der Waals surface area contributed by atoms with Crippen molar-refractivity contribution < 1.29 is 0 Å². The lowest BCUT2D eigenvalue weighted by Gasteiger charge is -2.25. The highest BCUT2D eigenvalue weighted by molar-refractivity contribution is 4.64. The summed E-state index contributed by atoms with van der Waals surface area (Å²) in [5.41, 5.74) is 0. The van der Waals surface area contributed by atoms with Crippen LogP contribution in [0.5, 0.6) is 0 Å². The first-order valence-corrected chi connectivity index (χ1v) is 5.55. The third kappa shape index (κ3) is 3.57. The molecular weight excluding hydrogens is 146 g/mol. The molecule has 1 rings (SSSR count). The number of hydrogen-bond acceptors (Lipinski definition) is 1. The van der Waals surface area contributed by atoms with E-state index < -0.39 is 0 Å². The average Bonchev–Trinajstić information content (AvgIpc) is 2.15. The van der Waals surface area contributed by atoms with Crippen LogP contribution in [0.2, 0.25) is 0 Å². The van der Waals surface area contributed by atoms with Gasteiger partial charge in [0.05, 0.1) is 0 Å². The van der Waals surface area contributed by atoms with Crippen molar-refractivity contribution in [1.82, 2.24) is 4.90 Å². The third-order valence-corrected chi connectivity index (χ3v) is 2.87. The lowest BCUT2D eigenvalue weighted by Crippen LogP contribution is -2.32. The van der Waals surface area contributed by atoms with Gasteiger partial charge in [0.25, 0.3) is 0 Å². The monoisotopic (exact) mass is 169 g/mol. The minimum Gasteiger partial charge on any atom is -0.301 e. The van der Waals surface area contributed by atoms with Crippen LogP contribution in [-0.2, 0) is 0 Å². The fourth-order valence-electron chi connectivity index (χ4n) is 1.97. The van der Waals surface area contributed by atoms with Gasteiger partial charge in [-0.2, -0.15) is 0 Å². The molecule has 0 spiro atoms. The second-order valence-corrected chi connectivity index (χ2v) is 4.25. The lowest BCUT2D eigenvalue weighted by molar-refractivity contribution is 0.218. The second-order valence-electron chi connectivity index (χ2n) is 4.25. The van der Waals surface area contributed by atoms with E-state index >= 15 is 0 Å². The summed E-state index contributed by atoms with van der Waals surface area (Å²) in [6, 6.07) is 0.753. The second kappa shape index (κ2) is 5.58. The molecule has 0 aromatic heterocycles. The van der Waals surface area contributed by atoms with Crippen molar-refractivity contribution in [3.05, 3.63) is 0 Å². The van der Waals surface area contributed by atoms with Crippen LogP contribution in [0, 0.1) is 0 Å². The zero-order valence-corrected chi connectivity index (χ0v) is 8.68. The Balaban J connectivity index is 2.28. The van der Waals surface area contributed by atoms with E-state index in [0.29, 0.717) is 0 Å². The number of rotatable bonds is 1. The third-order valence-electron chi connectivity index (χ3n) is 2.87. The molecule has 1 nitrogen and oxygen atoms in total. The standard InChI is InChI=1S/C11H23N/c1-11(2)12-9-7-5-3-4-6-8-10-12/h11H,3-10H2,1-2H3. The Labute approximate surface area is 77.1 Å². The van der Waals surface area contributed by atoms with Crippen LogP contribution >= 0.6 is 0 Å².